The first-order valence-corrected chi connectivity index (χ1v) is 8.18. The lowest BCUT2D eigenvalue weighted by molar-refractivity contribution is -0.205. The standard InChI is InChI=1S/C16H22BrNO2/c1-16(2,3)15(19)20-18-10-4-5-14(18)13-8-6-12(11-17)7-9-13/h6-9,14H,4-5,10-11H2,1-3H3. The van der Waals surface area contributed by atoms with Crippen molar-refractivity contribution in [3.8, 4) is 0 Å². The molecule has 3 nitrogen and oxygen atoms in total. The molecular weight excluding hydrogens is 318 g/mol. The molecule has 1 saturated heterocycles. The summed E-state index contributed by atoms with van der Waals surface area (Å²) in [5, 5.41) is 2.71. The number of rotatable bonds is 3. The van der Waals surface area contributed by atoms with Crippen molar-refractivity contribution in [1.82, 2.24) is 5.06 Å². The van der Waals surface area contributed by atoms with E-state index in [9.17, 15) is 4.79 Å². The molecule has 1 aliphatic rings. The molecule has 0 amide bonds. The smallest absolute Gasteiger partial charge is 0.330 e. The Morgan fingerprint density at radius 3 is 2.55 bits per heavy atom. The molecule has 1 aromatic rings. The largest absolute Gasteiger partial charge is 0.367 e. The van der Waals surface area contributed by atoms with Crippen LogP contribution in [0.5, 0.6) is 0 Å². The minimum Gasteiger partial charge on any atom is -0.367 e. The summed E-state index contributed by atoms with van der Waals surface area (Å²) >= 11 is 3.45. The minimum atomic E-state index is -0.465. The molecule has 0 aromatic heterocycles. The highest BCUT2D eigenvalue weighted by Gasteiger charge is 2.33. The van der Waals surface area contributed by atoms with Gasteiger partial charge >= 0.3 is 5.97 Å². The number of carbonyl (C=O) groups excluding carboxylic acids is 1. The van der Waals surface area contributed by atoms with E-state index in [0.29, 0.717) is 0 Å². The van der Waals surface area contributed by atoms with E-state index in [1.165, 1.54) is 11.1 Å². The Balaban J connectivity index is 2.08. The van der Waals surface area contributed by atoms with Crippen LogP contribution < -0.4 is 0 Å². The van der Waals surface area contributed by atoms with Gasteiger partial charge in [-0.05, 0) is 44.7 Å². The van der Waals surface area contributed by atoms with Gasteiger partial charge in [0.2, 0.25) is 0 Å². The van der Waals surface area contributed by atoms with Gasteiger partial charge in [0.25, 0.3) is 0 Å². The van der Waals surface area contributed by atoms with Crippen LogP contribution in [0.1, 0.15) is 50.8 Å². The summed E-state index contributed by atoms with van der Waals surface area (Å²) in [6.45, 7) is 6.45. The van der Waals surface area contributed by atoms with Gasteiger partial charge in [-0.15, -0.1) is 5.06 Å². The fourth-order valence-electron chi connectivity index (χ4n) is 2.25. The Morgan fingerprint density at radius 1 is 1.35 bits per heavy atom. The Bertz CT molecular complexity index is 464. The summed E-state index contributed by atoms with van der Waals surface area (Å²) in [4.78, 5) is 17.6. The van der Waals surface area contributed by atoms with Crippen LogP contribution in [0.15, 0.2) is 24.3 Å². The predicted molar refractivity (Wildman–Crippen MR) is 83.3 cm³/mol. The summed E-state index contributed by atoms with van der Waals surface area (Å²) in [5.41, 5.74) is 2.01. The van der Waals surface area contributed by atoms with Crippen LogP contribution >= 0.6 is 15.9 Å². The van der Waals surface area contributed by atoms with Gasteiger partial charge in [-0.25, -0.2) is 4.79 Å². The van der Waals surface area contributed by atoms with Crippen molar-refractivity contribution in [2.45, 2.75) is 45.0 Å². The highest BCUT2D eigenvalue weighted by Crippen LogP contribution is 2.33. The molecule has 4 heteroatoms. The molecule has 0 aliphatic carbocycles. The van der Waals surface area contributed by atoms with Crippen LogP contribution in [0, 0.1) is 5.41 Å². The van der Waals surface area contributed by atoms with Gasteiger partial charge in [-0.3, -0.25) is 0 Å². The molecule has 0 N–H and O–H groups in total. The second-order valence-electron chi connectivity index (χ2n) is 6.30. The van der Waals surface area contributed by atoms with Crippen molar-refractivity contribution < 1.29 is 9.63 Å². The van der Waals surface area contributed by atoms with Crippen LogP contribution in [-0.4, -0.2) is 17.6 Å². The highest BCUT2D eigenvalue weighted by atomic mass is 79.9. The quantitative estimate of drug-likeness (QED) is 0.772. The molecule has 1 aliphatic heterocycles. The molecule has 20 heavy (non-hydrogen) atoms. The molecule has 0 bridgehead atoms. The van der Waals surface area contributed by atoms with Gasteiger partial charge in [0.15, 0.2) is 0 Å². The molecule has 1 aromatic carbocycles. The average molecular weight is 340 g/mol. The summed E-state index contributed by atoms with van der Waals surface area (Å²) in [7, 11) is 0. The zero-order chi connectivity index (χ0) is 14.8. The number of nitrogens with zero attached hydrogens (tertiary/aromatic N) is 1. The van der Waals surface area contributed by atoms with Crippen LogP contribution in [0.4, 0.5) is 0 Å². The average Bonchev–Trinajstić information content (AvgIpc) is 2.86. The highest BCUT2D eigenvalue weighted by molar-refractivity contribution is 9.08. The van der Waals surface area contributed by atoms with Crippen molar-refractivity contribution >= 4 is 21.9 Å². The molecular formula is C16H22BrNO2. The summed E-state index contributed by atoms with van der Waals surface area (Å²) in [6.07, 6.45) is 2.09. The summed E-state index contributed by atoms with van der Waals surface area (Å²) in [6, 6.07) is 8.68. The Kier molecular flexibility index (Phi) is 4.86. The predicted octanol–water partition coefficient (Wildman–Crippen LogP) is 4.22. The molecule has 0 saturated carbocycles. The van der Waals surface area contributed by atoms with Crippen LogP contribution in [-0.2, 0) is 15.0 Å². The number of benzene rings is 1. The lowest BCUT2D eigenvalue weighted by atomic mass is 9.98. The van der Waals surface area contributed by atoms with Crippen molar-refractivity contribution in [3.05, 3.63) is 35.4 Å². The second kappa shape index (κ2) is 6.27. The fourth-order valence-corrected chi connectivity index (χ4v) is 2.63. The molecule has 2 rings (SSSR count). The van der Waals surface area contributed by atoms with E-state index >= 15 is 0 Å². The number of hydroxylamine groups is 2. The van der Waals surface area contributed by atoms with Crippen LogP contribution in [0.25, 0.3) is 0 Å². The van der Waals surface area contributed by atoms with Gasteiger partial charge in [0.1, 0.15) is 0 Å². The third-order valence-electron chi connectivity index (χ3n) is 3.54. The van der Waals surface area contributed by atoms with E-state index in [1.54, 1.807) is 0 Å². The lowest BCUT2D eigenvalue weighted by Gasteiger charge is -2.27. The van der Waals surface area contributed by atoms with Crippen LogP contribution in [0.3, 0.4) is 0 Å². The maximum Gasteiger partial charge on any atom is 0.330 e. The van der Waals surface area contributed by atoms with Crippen molar-refractivity contribution in [1.29, 1.82) is 0 Å². The van der Waals surface area contributed by atoms with Gasteiger partial charge in [0, 0.05) is 11.9 Å². The van der Waals surface area contributed by atoms with Gasteiger partial charge in [0.05, 0.1) is 11.5 Å². The first-order chi connectivity index (χ1) is 9.41. The lowest BCUT2D eigenvalue weighted by Crippen LogP contribution is -2.33. The maximum atomic E-state index is 12.0. The van der Waals surface area contributed by atoms with Gasteiger partial charge < -0.3 is 4.84 Å². The molecule has 1 atom stereocenters. The number of halogens is 1. The second-order valence-corrected chi connectivity index (χ2v) is 6.86. The minimum absolute atomic E-state index is 0.165. The zero-order valence-electron chi connectivity index (χ0n) is 12.4. The van der Waals surface area contributed by atoms with Crippen LogP contribution in [0.2, 0.25) is 0 Å². The fraction of sp³-hybridized carbons (Fsp3) is 0.562. The molecule has 110 valence electrons. The van der Waals surface area contributed by atoms with E-state index < -0.39 is 5.41 Å². The van der Waals surface area contributed by atoms with Gasteiger partial charge in [-0.2, -0.15) is 0 Å². The van der Waals surface area contributed by atoms with Crippen molar-refractivity contribution in [3.63, 3.8) is 0 Å². The first-order valence-electron chi connectivity index (χ1n) is 7.05. The monoisotopic (exact) mass is 339 g/mol. The van der Waals surface area contributed by atoms with E-state index in [1.807, 2.05) is 25.8 Å². The first kappa shape index (κ1) is 15.5. The van der Waals surface area contributed by atoms with E-state index in [0.717, 1.165) is 24.7 Å². The number of carbonyl (C=O) groups is 1. The molecule has 0 spiro atoms. The third kappa shape index (κ3) is 3.61. The number of hydrogen-bond acceptors (Lipinski definition) is 3. The van der Waals surface area contributed by atoms with Crippen molar-refractivity contribution in [2.24, 2.45) is 5.41 Å². The third-order valence-corrected chi connectivity index (χ3v) is 4.18. The number of hydrogen-bond donors (Lipinski definition) is 0. The topological polar surface area (TPSA) is 29.5 Å². The Morgan fingerprint density at radius 2 is 2.00 bits per heavy atom. The molecule has 0 radical (unpaired) electrons. The Hall–Kier alpha value is -0.870. The zero-order valence-corrected chi connectivity index (χ0v) is 13.9. The number of alkyl halides is 1. The van der Waals surface area contributed by atoms with E-state index in [2.05, 4.69) is 40.2 Å². The summed E-state index contributed by atoms with van der Waals surface area (Å²) in [5.74, 6) is -0.165. The van der Waals surface area contributed by atoms with E-state index in [4.69, 9.17) is 4.84 Å². The molecule has 1 unspecified atom stereocenters. The normalized spacial score (nSPS) is 20.1. The SMILES string of the molecule is CC(C)(C)C(=O)ON1CCCC1c1ccc(CBr)cc1. The van der Waals surface area contributed by atoms with Crippen molar-refractivity contribution in [2.75, 3.05) is 6.54 Å². The summed E-state index contributed by atoms with van der Waals surface area (Å²) < 4.78 is 0. The molecule has 1 fully saturated rings. The van der Waals surface area contributed by atoms with E-state index in [-0.39, 0.29) is 12.0 Å². The maximum absolute atomic E-state index is 12.0. The Labute approximate surface area is 129 Å². The van der Waals surface area contributed by atoms with Gasteiger partial charge in [-0.1, -0.05) is 40.2 Å². The molecule has 1 heterocycles.